The van der Waals surface area contributed by atoms with Gasteiger partial charge in [-0.1, -0.05) is 44.2 Å². The minimum absolute atomic E-state index is 0.346. The maximum atomic E-state index is 6.05. The summed E-state index contributed by atoms with van der Waals surface area (Å²) >= 11 is 6.05. The average Bonchev–Trinajstić information content (AvgIpc) is 2.43. The van der Waals surface area contributed by atoms with Gasteiger partial charge in [0.05, 0.1) is 13.3 Å². The number of rotatable bonds is 5. The van der Waals surface area contributed by atoms with Gasteiger partial charge in [0.15, 0.2) is 5.82 Å². The van der Waals surface area contributed by atoms with Crippen molar-refractivity contribution in [2.75, 3.05) is 19.0 Å². The molecule has 5 heteroatoms. The third-order valence-corrected chi connectivity index (χ3v) is 4.16. The van der Waals surface area contributed by atoms with Crippen LogP contribution in [0.15, 0.2) is 6.20 Å². The van der Waals surface area contributed by atoms with E-state index >= 15 is 0 Å². The Morgan fingerprint density at radius 2 is 2.11 bits per heavy atom. The van der Waals surface area contributed by atoms with Crippen LogP contribution in [0.25, 0.3) is 0 Å². The van der Waals surface area contributed by atoms with Crippen molar-refractivity contribution in [3.05, 3.63) is 11.2 Å². The highest BCUT2D eigenvalue weighted by atomic mass is 35.5. The fourth-order valence-electron chi connectivity index (χ4n) is 2.59. The molecule has 1 aliphatic carbocycles. The summed E-state index contributed by atoms with van der Waals surface area (Å²) in [5, 5.41) is 3.82. The highest BCUT2D eigenvalue weighted by molar-refractivity contribution is 6.32. The lowest BCUT2D eigenvalue weighted by molar-refractivity contribution is 0.282. The number of aromatic nitrogens is 2. The van der Waals surface area contributed by atoms with E-state index in [-0.39, 0.29) is 0 Å². The van der Waals surface area contributed by atoms with Crippen LogP contribution in [0, 0.1) is 11.8 Å². The van der Waals surface area contributed by atoms with E-state index in [0.717, 1.165) is 18.4 Å². The van der Waals surface area contributed by atoms with E-state index in [0.29, 0.717) is 16.9 Å². The molecule has 1 fully saturated rings. The van der Waals surface area contributed by atoms with Gasteiger partial charge in [-0.25, -0.2) is 4.98 Å². The van der Waals surface area contributed by atoms with E-state index in [4.69, 9.17) is 16.3 Å². The van der Waals surface area contributed by atoms with Crippen LogP contribution in [-0.2, 0) is 0 Å². The number of nitrogens with zero attached hydrogens (tertiary/aromatic N) is 2. The minimum atomic E-state index is 0.346. The van der Waals surface area contributed by atoms with Gasteiger partial charge in [0.1, 0.15) is 5.02 Å². The summed E-state index contributed by atoms with van der Waals surface area (Å²) in [6, 6.07) is 0.346. The van der Waals surface area contributed by atoms with Crippen molar-refractivity contribution in [3.63, 3.8) is 0 Å². The van der Waals surface area contributed by atoms with Crippen molar-refractivity contribution in [1.82, 2.24) is 9.97 Å². The van der Waals surface area contributed by atoms with E-state index < -0.39 is 0 Å². The van der Waals surface area contributed by atoms with Crippen LogP contribution >= 0.6 is 11.6 Å². The Bertz CT molecular complexity index is 406. The van der Waals surface area contributed by atoms with E-state index in [9.17, 15) is 0 Å². The van der Waals surface area contributed by atoms with E-state index in [2.05, 4.69) is 22.2 Å². The lowest BCUT2D eigenvalue weighted by atomic mass is 9.81. The maximum Gasteiger partial charge on any atom is 0.318 e. The summed E-state index contributed by atoms with van der Waals surface area (Å²) in [4.78, 5) is 8.17. The second kappa shape index (κ2) is 6.94. The molecule has 0 aromatic carbocycles. The third kappa shape index (κ3) is 4.23. The molecule has 0 radical (unpaired) electrons. The Kier molecular flexibility index (Phi) is 5.25. The Hall–Kier alpha value is -1.03. The van der Waals surface area contributed by atoms with Gasteiger partial charge >= 0.3 is 6.01 Å². The van der Waals surface area contributed by atoms with Gasteiger partial charge in [0.2, 0.25) is 0 Å². The molecule has 106 valence electrons. The van der Waals surface area contributed by atoms with Crippen LogP contribution in [-0.4, -0.2) is 23.6 Å². The molecule has 19 heavy (non-hydrogen) atoms. The van der Waals surface area contributed by atoms with Gasteiger partial charge in [-0.05, 0) is 18.3 Å². The fraction of sp³-hybridized carbons (Fsp3) is 0.714. The molecule has 1 aliphatic rings. The van der Waals surface area contributed by atoms with Crippen LogP contribution < -0.4 is 10.1 Å². The SMILES string of the molecule is COc1ncc(Cl)c(NCCC2CCC(C)CC2)n1. The average molecular weight is 284 g/mol. The second-order valence-corrected chi connectivity index (χ2v) is 5.80. The Balaban J connectivity index is 1.79. The first kappa shape index (κ1) is 14.4. The first-order valence-electron chi connectivity index (χ1n) is 6.99. The molecule has 1 aromatic rings. The van der Waals surface area contributed by atoms with Gasteiger partial charge in [0, 0.05) is 6.54 Å². The Morgan fingerprint density at radius 1 is 1.37 bits per heavy atom. The maximum absolute atomic E-state index is 6.05. The molecular formula is C14H22ClN3O. The highest BCUT2D eigenvalue weighted by Gasteiger charge is 2.17. The largest absolute Gasteiger partial charge is 0.467 e. The predicted octanol–water partition coefficient (Wildman–Crippen LogP) is 3.77. The number of anilines is 1. The molecule has 1 heterocycles. The summed E-state index contributed by atoms with van der Waals surface area (Å²) in [5.41, 5.74) is 0. The normalized spacial score (nSPS) is 23.1. The first-order chi connectivity index (χ1) is 9.19. The van der Waals surface area contributed by atoms with Crippen molar-refractivity contribution in [2.24, 2.45) is 11.8 Å². The van der Waals surface area contributed by atoms with Gasteiger partial charge in [-0.15, -0.1) is 0 Å². The van der Waals surface area contributed by atoms with Gasteiger partial charge in [0.25, 0.3) is 0 Å². The molecule has 0 spiro atoms. The zero-order valence-corrected chi connectivity index (χ0v) is 12.4. The lowest BCUT2D eigenvalue weighted by Crippen LogP contribution is -2.16. The monoisotopic (exact) mass is 283 g/mol. The van der Waals surface area contributed by atoms with Crippen molar-refractivity contribution in [3.8, 4) is 6.01 Å². The van der Waals surface area contributed by atoms with Gasteiger partial charge < -0.3 is 10.1 Å². The number of halogens is 1. The highest BCUT2D eigenvalue weighted by Crippen LogP contribution is 2.30. The number of ether oxygens (including phenoxy) is 1. The summed E-state index contributed by atoms with van der Waals surface area (Å²) in [5.74, 6) is 2.41. The van der Waals surface area contributed by atoms with Crippen molar-refractivity contribution in [1.29, 1.82) is 0 Å². The van der Waals surface area contributed by atoms with Crippen LogP contribution in [0.2, 0.25) is 5.02 Å². The fourth-order valence-corrected chi connectivity index (χ4v) is 2.74. The number of nitrogens with one attached hydrogen (secondary N) is 1. The number of hydrogen-bond donors (Lipinski definition) is 1. The molecule has 1 aromatic heterocycles. The van der Waals surface area contributed by atoms with E-state index in [1.54, 1.807) is 13.3 Å². The molecule has 2 rings (SSSR count). The third-order valence-electron chi connectivity index (χ3n) is 3.89. The molecule has 0 unspecified atom stereocenters. The van der Waals surface area contributed by atoms with Crippen molar-refractivity contribution >= 4 is 17.4 Å². The molecule has 0 amide bonds. The van der Waals surface area contributed by atoms with E-state index in [1.165, 1.54) is 32.1 Å². The first-order valence-corrected chi connectivity index (χ1v) is 7.37. The van der Waals surface area contributed by atoms with Crippen molar-refractivity contribution in [2.45, 2.75) is 39.0 Å². The second-order valence-electron chi connectivity index (χ2n) is 5.39. The van der Waals surface area contributed by atoms with Crippen LogP contribution in [0.1, 0.15) is 39.0 Å². The van der Waals surface area contributed by atoms with Crippen LogP contribution in [0.3, 0.4) is 0 Å². The van der Waals surface area contributed by atoms with Crippen LogP contribution in [0.4, 0.5) is 5.82 Å². The molecule has 0 atom stereocenters. The molecule has 0 aliphatic heterocycles. The molecule has 0 saturated heterocycles. The molecule has 1 N–H and O–H groups in total. The minimum Gasteiger partial charge on any atom is -0.467 e. The Morgan fingerprint density at radius 3 is 2.79 bits per heavy atom. The lowest BCUT2D eigenvalue weighted by Gasteiger charge is -2.26. The van der Waals surface area contributed by atoms with Crippen LogP contribution in [0.5, 0.6) is 6.01 Å². The summed E-state index contributed by atoms with van der Waals surface area (Å²) in [6.07, 6.45) is 8.18. The smallest absolute Gasteiger partial charge is 0.318 e. The summed E-state index contributed by atoms with van der Waals surface area (Å²) in [7, 11) is 1.55. The molecular weight excluding hydrogens is 262 g/mol. The van der Waals surface area contributed by atoms with Gasteiger partial charge in [-0.2, -0.15) is 4.98 Å². The number of hydrogen-bond acceptors (Lipinski definition) is 4. The molecule has 1 saturated carbocycles. The molecule has 0 bridgehead atoms. The van der Waals surface area contributed by atoms with Gasteiger partial charge in [-0.3, -0.25) is 0 Å². The standard InChI is InChI=1S/C14H22ClN3O/c1-10-3-5-11(6-4-10)7-8-16-13-12(15)9-17-14(18-13)19-2/h9-11H,3-8H2,1-2H3,(H,16,17,18). The zero-order valence-electron chi connectivity index (χ0n) is 11.7. The zero-order chi connectivity index (χ0) is 13.7. The summed E-state index contributed by atoms with van der Waals surface area (Å²) < 4.78 is 5.00. The number of methoxy groups -OCH3 is 1. The summed E-state index contributed by atoms with van der Waals surface area (Å²) in [6.45, 7) is 3.25. The van der Waals surface area contributed by atoms with E-state index in [1.807, 2.05) is 0 Å². The van der Waals surface area contributed by atoms with Crippen molar-refractivity contribution < 1.29 is 4.74 Å². The quantitative estimate of drug-likeness (QED) is 0.894. The molecule has 4 nitrogen and oxygen atoms in total. The topological polar surface area (TPSA) is 47.0 Å². The predicted molar refractivity (Wildman–Crippen MR) is 77.8 cm³/mol. The Labute approximate surface area is 119 Å².